The minimum absolute atomic E-state index is 0.0133. The van der Waals surface area contributed by atoms with Crippen molar-refractivity contribution in [1.29, 1.82) is 0 Å². The highest BCUT2D eigenvalue weighted by molar-refractivity contribution is 7.91. The van der Waals surface area contributed by atoms with E-state index in [4.69, 9.17) is 4.74 Å². The summed E-state index contributed by atoms with van der Waals surface area (Å²) >= 11 is 0. The third kappa shape index (κ3) is 5.39. The van der Waals surface area contributed by atoms with Crippen LogP contribution in [0, 0.1) is 5.92 Å². The Kier molecular flexibility index (Phi) is 7.32. The Morgan fingerprint density at radius 3 is 2.46 bits per heavy atom. The van der Waals surface area contributed by atoms with Gasteiger partial charge in [-0.05, 0) is 51.0 Å². The van der Waals surface area contributed by atoms with Gasteiger partial charge >= 0.3 is 0 Å². The predicted octanol–water partition coefficient (Wildman–Crippen LogP) is 0.182. The van der Waals surface area contributed by atoms with E-state index >= 15 is 0 Å². The first kappa shape index (κ1) is 20.5. The Morgan fingerprint density at radius 1 is 1.08 bits per heavy atom. The molecule has 4 atom stereocenters. The molecule has 0 aromatic rings. The van der Waals surface area contributed by atoms with Crippen molar-refractivity contribution in [3.05, 3.63) is 0 Å². The number of hydrogen-bond acceptors (Lipinski definition) is 7. The molecule has 4 N–H and O–H groups in total. The van der Waals surface area contributed by atoms with Crippen LogP contribution in [0.2, 0.25) is 0 Å². The van der Waals surface area contributed by atoms with Crippen LogP contribution in [0.3, 0.4) is 0 Å². The van der Waals surface area contributed by atoms with Crippen LogP contribution in [0.15, 0.2) is 0 Å². The Hall–Kier alpha value is -0.250. The summed E-state index contributed by atoms with van der Waals surface area (Å²) in [7, 11) is -1.17. The summed E-state index contributed by atoms with van der Waals surface area (Å²) in [5.74, 6) is 0.447. The normalized spacial score (nSPS) is 39.6. The molecule has 0 spiro atoms. The maximum absolute atomic E-state index is 11.8. The molecule has 3 fully saturated rings. The standard InChI is InChI=1S/C18H36N4O3S/c1-25-18-17(13-6-8-15(9-7-13)26(2,23)24)22-16(12-21-18)20-11-14-5-3-4-10-19-14/h13-22H,3-12H2,1-2H3. The number of hydrogen-bond donors (Lipinski definition) is 4. The molecule has 2 aliphatic heterocycles. The molecule has 2 heterocycles. The van der Waals surface area contributed by atoms with Crippen molar-refractivity contribution >= 4 is 9.84 Å². The summed E-state index contributed by atoms with van der Waals surface area (Å²) in [6.45, 7) is 2.94. The van der Waals surface area contributed by atoms with E-state index in [2.05, 4.69) is 21.3 Å². The van der Waals surface area contributed by atoms with E-state index in [9.17, 15) is 8.42 Å². The first-order valence-corrected chi connectivity index (χ1v) is 12.1. The van der Waals surface area contributed by atoms with E-state index in [0.717, 1.165) is 45.3 Å². The monoisotopic (exact) mass is 388 g/mol. The second-order valence-electron chi connectivity index (χ2n) is 8.23. The van der Waals surface area contributed by atoms with Gasteiger partial charge in [-0.25, -0.2) is 8.42 Å². The molecule has 3 rings (SSSR count). The Balaban J connectivity index is 1.51. The minimum atomic E-state index is -2.92. The second-order valence-corrected chi connectivity index (χ2v) is 10.6. The molecular formula is C18H36N4O3S. The highest BCUT2D eigenvalue weighted by Crippen LogP contribution is 2.32. The molecule has 2 saturated heterocycles. The van der Waals surface area contributed by atoms with Gasteiger partial charge in [0.15, 0.2) is 0 Å². The molecule has 26 heavy (non-hydrogen) atoms. The highest BCUT2D eigenvalue weighted by atomic mass is 32.2. The Labute approximate surface area is 158 Å². The molecule has 0 bridgehead atoms. The molecule has 8 heteroatoms. The van der Waals surface area contributed by atoms with E-state index in [-0.39, 0.29) is 23.7 Å². The van der Waals surface area contributed by atoms with E-state index in [1.165, 1.54) is 25.5 Å². The van der Waals surface area contributed by atoms with Crippen LogP contribution in [0.5, 0.6) is 0 Å². The zero-order valence-corrected chi connectivity index (χ0v) is 17.0. The second kappa shape index (κ2) is 9.30. The maximum atomic E-state index is 11.8. The maximum Gasteiger partial charge on any atom is 0.150 e. The molecule has 0 radical (unpaired) electrons. The molecule has 3 aliphatic rings. The lowest BCUT2D eigenvalue weighted by molar-refractivity contribution is -0.0126. The highest BCUT2D eigenvalue weighted by Gasteiger charge is 2.38. The molecule has 4 unspecified atom stereocenters. The summed E-state index contributed by atoms with van der Waals surface area (Å²) in [5, 5.41) is 14.3. The number of rotatable bonds is 6. The van der Waals surface area contributed by atoms with Gasteiger partial charge in [-0.1, -0.05) is 6.42 Å². The zero-order chi connectivity index (χ0) is 18.6. The Bertz CT molecular complexity index is 531. The average molecular weight is 389 g/mol. The third-order valence-corrected chi connectivity index (χ3v) is 8.03. The van der Waals surface area contributed by atoms with Crippen molar-refractivity contribution < 1.29 is 13.2 Å². The van der Waals surface area contributed by atoms with Crippen LogP contribution in [-0.2, 0) is 14.6 Å². The lowest BCUT2D eigenvalue weighted by Gasteiger charge is -2.44. The molecule has 7 nitrogen and oxygen atoms in total. The summed E-state index contributed by atoms with van der Waals surface area (Å²) in [6.07, 6.45) is 8.83. The zero-order valence-electron chi connectivity index (χ0n) is 16.2. The quantitative estimate of drug-likeness (QED) is 0.516. The fraction of sp³-hybridized carbons (Fsp3) is 1.00. The van der Waals surface area contributed by atoms with E-state index < -0.39 is 9.84 Å². The van der Waals surface area contributed by atoms with Crippen LogP contribution >= 0.6 is 0 Å². The Morgan fingerprint density at radius 2 is 1.85 bits per heavy atom. The molecule has 0 aromatic heterocycles. The summed E-state index contributed by atoms with van der Waals surface area (Å²) < 4.78 is 29.3. The fourth-order valence-corrected chi connectivity index (χ4v) is 5.87. The number of ether oxygens (including phenoxy) is 1. The van der Waals surface area contributed by atoms with Gasteiger partial charge in [0.25, 0.3) is 0 Å². The van der Waals surface area contributed by atoms with Gasteiger partial charge < -0.3 is 10.1 Å². The molecule has 0 amide bonds. The van der Waals surface area contributed by atoms with Gasteiger partial charge in [-0.2, -0.15) is 0 Å². The van der Waals surface area contributed by atoms with Crippen molar-refractivity contribution in [3.63, 3.8) is 0 Å². The SMILES string of the molecule is COC1NCC(NCC2CCCCN2)NC1C1CCC(S(C)(=O)=O)CC1. The number of nitrogens with one attached hydrogen (secondary N) is 4. The van der Waals surface area contributed by atoms with Crippen LogP contribution in [0.4, 0.5) is 0 Å². The van der Waals surface area contributed by atoms with Crippen LogP contribution in [0.1, 0.15) is 44.9 Å². The summed E-state index contributed by atoms with van der Waals surface area (Å²) in [4.78, 5) is 0. The van der Waals surface area contributed by atoms with Crippen LogP contribution < -0.4 is 21.3 Å². The number of methoxy groups -OCH3 is 1. The summed E-state index contributed by atoms with van der Waals surface area (Å²) in [5.41, 5.74) is 0. The first-order chi connectivity index (χ1) is 12.5. The molecule has 1 saturated carbocycles. The van der Waals surface area contributed by atoms with Crippen molar-refractivity contribution in [2.24, 2.45) is 5.92 Å². The van der Waals surface area contributed by atoms with E-state index in [0.29, 0.717) is 12.0 Å². The van der Waals surface area contributed by atoms with Crippen molar-refractivity contribution in [3.8, 4) is 0 Å². The van der Waals surface area contributed by atoms with Crippen LogP contribution in [-0.4, -0.2) is 71.1 Å². The van der Waals surface area contributed by atoms with E-state index in [1.807, 2.05) is 0 Å². The molecular weight excluding hydrogens is 352 g/mol. The smallest absolute Gasteiger partial charge is 0.150 e. The first-order valence-electron chi connectivity index (χ1n) is 10.1. The number of piperidine rings is 1. The van der Waals surface area contributed by atoms with Crippen molar-refractivity contribution in [2.45, 2.75) is 74.7 Å². The van der Waals surface area contributed by atoms with Crippen LogP contribution in [0.25, 0.3) is 0 Å². The van der Waals surface area contributed by atoms with Gasteiger partial charge in [0.05, 0.1) is 17.5 Å². The lowest BCUT2D eigenvalue weighted by atomic mass is 9.82. The molecule has 1 aliphatic carbocycles. The number of sulfone groups is 1. The molecule has 0 aromatic carbocycles. The van der Waals surface area contributed by atoms with Crippen molar-refractivity contribution in [1.82, 2.24) is 21.3 Å². The lowest BCUT2D eigenvalue weighted by Crippen LogP contribution is -2.68. The average Bonchev–Trinajstić information content (AvgIpc) is 2.66. The minimum Gasteiger partial charge on any atom is -0.365 e. The van der Waals surface area contributed by atoms with Gasteiger partial charge in [0.2, 0.25) is 0 Å². The third-order valence-electron chi connectivity index (χ3n) is 6.35. The fourth-order valence-electron chi connectivity index (χ4n) is 4.74. The topological polar surface area (TPSA) is 91.5 Å². The predicted molar refractivity (Wildman–Crippen MR) is 104 cm³/mol. The van der Waals surface area contributed by atoms with Gasteiger partial charge in [0, 0.05) is 32.5 Å². The van der Waals surface area contributed by atoms with Gasteiger partial charge in [-0.15, -0.1) is 0 Å². The van der Waals surface area contributed by atoms with E-state index in [1.54, 1.807) is 7.11 Å². The summed E-state index contributed by atoms with van der Waals surface area (Å²) in [6, 6.07) is 0.778. The van der Waals surface area contributed by atoms with Gasteiger partial charge in [-0.3, -0.25) is 16.0 Å². The van der Waals surface area contributed by atoms with Gasteiger partial charge in [0.1, 0.15) is 16.1 Å². The number of piperazine rings is 1. The van der Waals surface area contributed by atoms with Crippen molar-refractivity contribution in [2.75, 3.05) is 33.0 Å². The largest absolute Gasteiger partial charge is 0.365 e. The molecule has 152 valence electrons.